The van der Waals surface area contributed by atoms with Crippen molar-refractivity contribution in [2.75, 3.05) is 14.1 Å². The molecule has 2 heteroatoms. The van der Waals surface area contributed by atoms with Crippen molar-refractivity contribution in [3.63, 3.8) is 0 Å². The van der Waals surface area contributed by atoms with Gasteiger partial charge in [-0.25, -0.2) is 0 Å². The summed E-state index contributed by atoms with van der Waals surface area (Å²) in [6.07, 6.45) is 1.28. The topological polar surface area (TPSA) is 15.6 Å². The molecule has 0 spiro atoms. The van der Waals surface area contributed by atoms with Crippen molar-refractivity contribution in [2.45, 2.75) is 26.3 Å². The van der Waals surface area contributed by atoms with E-state index in [0.29, 0.717) is 6.04 Å². The highest BCUT2D eigenvalue weighted by molar-refractivity contribution is 5.79. The molecule has 1 saturated carbocycles. The van der Waals surface area contributed by atoms with E-state index in [1.54, 1.807) is 0 Å². The molecular weight excluding hydrogens is 124 g/mol. The fourth-order valence-electron chi connectivity index (χ4n) is 0.838. The Bertz CT molecular complexity index is 149. The summed E-state index contributed by atoms with van der Waals surface area (Å²) in [6.45, 7) is 4.31. The van der Waals surface area contributed by atoms with Gasteiger partial charge in [-0.05, 0) is 19.3 Å². The summed E-state index contributed by atoms with van der Waals surface area (Å²) < 4.78 is 0. The molecule has 0 aromatic heterocycles. The van der Waals surface area contributed by atoms with Crippen molar-refractivity contribution < 1.29 is 0 Å². The van der Waals surface area contributed by atoms with E-state index < -0.39 is 0 Å². The normalized spacial score (nSPS) is 32.2. The predicted molar refractivity (Wildman–Crippen MR) is 44.4 cm³/mol. The summed E-state index contributed by atoms with van der Waals surface area (Å²) in [5.41, 5.74) is 0. The molecule has 2 unspecified atom stereocenters. The second-order valence-electron chi connectivity index (χ2n) is 3.35. The molecule has 1 fully saturated rings. The monoisotopic (exact) mass is 140 g/mol. The van der Waals surface area contributed by atoms with Crippen LogP contribution in [0.25, 0.3) is 0 Å². The summed E-state index contributed by atoms with van der Waals surface area (Å²) in [5.74, 6) is 1.98. The molecule has 2 nitrogen and oxygen atoms in total. The van der Waals surface area contributed by atoms with Gasteiger partial charge < -0.3 is 4.90 Å². The molecule has 1 rings (SSSR count). The largest absolute Gasteiger partial charge is 0.367 e. The minimum atomic E-state index is 0.627. The van der Waals surface area contributed by atoms with Gasteiger partial charge in [0.1, 0.15) is 0 Å². The molecule has 0 aromatic rings. The molecule has 0 saturated heterocycles. The zero-order valence-electron chi connectivity index (χ0n) is 7.26. The molecule has 2 atom stereocenters. The second-order valence-corrected chi connectivity index (χ2v) is 3.35. The SMILES string of the molecule is CC(=NC1CC1C)N(C)C. The van der Waals surface area contributed by atoms with Crippen LogP contribution in [0.1, 0.15) is 20.3 Å². The standard InChI is InChI=1S/C8H16N2/c1-6-5-8(6)9-7(2)10(3)4/h6,8H,5H2,1-4H3. The summed E-state index contributed by atoms with van der Waals surface area (Å²) >= 11 is 0. The maximum atomic E-state index is 4.51. The molecule has 0 N–H and O–H groups in total. The zero-order chi connectivity index (χ0) is 7.72. The van der Waals surface area contributed by atoms with Crippen molar-refractivity contribution in [1.82, 2.24) is 4.90 Å². The molecule has 0 aromatic carbocycles. The third kappa shape index (κ3) is 1.72. The average Bonchev–Trinajstić information content (AvgIpc) is 2.46. The van der Waals surface area contributed by atoms with Crippen LogP contribution in [0, 0.1) is 5.92 Å². The van der Waals surface area contributed by atoms with E-state index in [1.165, 1.54) is 6.42 Å². The highest BCUT2D eigenvalue weighted by Crippen LogP contribution is 2.32. The smallest absolute Gasteiger partial charge is 0.0955 e. The van der Waals surface area contributed by atoms with Crippen LogP contribution in [0.3, 0.4) is 0 Å². The highest BCUT2D eigenvalue weighted by atomic mass is 15.1. The van der Waals surface area contributed by atoms with Gasteiger partial charge in [0.05, 0.1) is 11.9 Å². The molecule has 10 heavy (non-hydrogen) atoms. The minimum absolute atomic E-state index is 0.627. The van der Waals surface area contributed by atoms with Crippen molar-refractivity contribution in [3.05, 3.63) is 0 Å². The second kappa shape index (κ2) is 2.60. The molecule has 0 aliphatic heterocycles. The predicted octanol–water partition coefficient (Wildman–Crippen LogP) is 1.37. The van der Waals surface area contributed by atoms with Gasteiger partial charge in [0.2, 0.25) is 0 Å². The molecule has 58 valence electrons. The maximum Gasteiger partial charge on any atom is 0.0955 e. The van der Waals surface area contributed by atoms with Crippen molar-refractivity contribution in [1.29, 1.82) is 0 Å². The lowest BCUT2D eigenvalue weighted by Gasteiger charge is -2.10. The Hall–Kier alpha value is -0.530. The van der Waals surface area contributed by atoms with E-state index in [0.717, 1.165) is 11.8 Å². The van der Waals surface area contributed by atoms with Crippen LogP contribution in [0.2, 0.25) is 0 Å². The van der Waals surface area contributed by atoms with Gasteiger partial charge >= 0.3 is 0 Å². The van der Waals surface area contributed by atoms with E-state index in [-0.39, 0.29) is 0 Å². The Morgan fingerprint density at radius 3 is 2.30 bits per heavy atom. The molecule has 1 aliphatic rings. The van der Waals surface area contributed by atoms with Crippen molar-refractivity contribution in [2.24, 2.45) is 10.9 Å². The van der Waals surface area contributed by atoms with Gasteiger partial charge in [0.15, 0.2) is 0 Å². The molecule has 0 radical (unpaired) electrons. The lowest BCUT2D eigenvalue weighted by atomic mass is 10.5. The third-order valence-electron chi connectivity index (χ3n) is 2.07. The van der Waals surface area contributed by atoms with E-state index in [2.05, 4.69) is 23.7 Å². The zero-order valence-corrected chi connectivity index (χ0v) is 7.26. The Balaban J connectivity index is 2.39. The van der Waals surface area contributed by atoms with Gasteiger partial charge in [-0.15, -0.1) is 0 Å². The first-order valence-electron chi connectivity index (χ1n) is 3.83. The number of nitrogens with zero attached hydrogens (tertiary/aromatic N) is 2. The first kappa shape index (κ1) is 7.58. The first-order chi connectivity index (χ1) is 4.61. The fraction of sp³-hybridized carbons (Fsp3) is 0.875. The van der Waals surface area contributed by atoms with Crippen LogP contribution < -0.4 is 0 Å². The Labute approximate surface area is 62.9 Å². The number of hydrogen-bond acceptors (Lipinski definition) is 1. The van der Waals surface area contributed by atoms with Crippen LogP contribution >= 0.6 is 0 Å². The summed E-state index contributed by atoms with van der Waals surface area (Å²) in [4.78, 5) is 6.57. The molecule has 0 amide bonds. The van der Waals surface area contributed by atoms with Gasteiger partial charge in [-0.3, -0.25) is 4.99 Å². The highest BCUT2D eigenvalue weighted by Gasteiger charge is 2.32. The number of rotatable bonds is 1. The van der Waals surface area contributed by atoms with E-state index in [1.807, 2.05) is 14.1 Å². The fourth-order valence-corrected chi connectivity index (χ4v) is 0.838. The molecular formula is C8H16N2. The van der Waals surface area contributed by atoms with E-state index in [9.17, 15) is 0 Å². The van der Waals surface area contributed by atoms with Gasteiger partial charge in [-0.1, -0.05) is 6.92 Å². The molecule has 0 heterocycles. The van der Waals surface area contributed by atoms with Crippen LogP contribution in [0.15, 0.2) is 4.99 Å². The third-order valence-corrected chi connectivity index (χ3v) is 2.07. The van der Waals surface area contributed by atoms with Crippen LogP contribution in [0.5, 0.6) is 0 Å². The average molecular weight is 140 g/mol. The summed E-state index contributed by atoms with van der Waals surface area (Å²) in [5, 5.41) is 0. The van der Waals surface area contributed by atoms with Crippen LogP contribution in [-0.2, 0) is 0 Å². The lowest BCUT2D eigenvalue weighted by molar-refractivity contribution is 0.611. The molecule has 1 aliphatic carbocycles. The van der Waals surface area contributed by atoms with Gasteiger partial charge in [0, 0.05) is 14.1 Å². The quantitative estimate of drug-likeness (QED) is 0.397. The Morgan fingerprint density at radius 2 is 2.00 bits per heavy atom. The Kier molecular flexibility index (Phi) is 1.97. The minimum Gasteiger partial charge on any atom is -0.367 e. The van der Waals surface area contributed by atoms with Crippen LogP contribution in [0.4, 0.5) is 0 Å². The number of amidine groups is 1. The van der Waals surface area contributed by atoms with Crippen molar-refractivity contribution in [3.8, 4) is 0 Å². The molecule has 0 bridgehead atoms. The Morgan fingerprint density at radius 1 is 1.50 bits per heavy atom. The lowest BCUT2D eigenvalue weighted by Crippen LogP contribution is -2.18. The van der Waals surface area contributed by atoms with Gasteiger partial charge in [-0.2, -0.15) is 0 Å². The first-order valence-corrected chi connectivity index (χ1v) is 3.83. The van der Waals surface area contributed by atoms with E-state index in [4.69, 9.17) is 0 Å². The van der Waals surface area contributed by atoms with Crippen molar-refractivity contribution >= 4 is 5.84 Å². The number of aliphatic imine (C=N–C) groups is 1. The number of hydrogen-bond donors (Lipinski definition) is 0. The summed E-state index contributed by atoms with van der Waals surface area (Å²) in [6, 6.07) is 0.627. The van der Waals surface area contributed by atoms with E-state index >= 15 is 0 Å². The van der Waals surface area contributed by atoms with Gasteiger partial charge in [0.25, 0.3) is 0 Å². The summed E-state index contributed by atoms with van der Waals surface area (Å²) in [7, 11) is 4.07. The maximum absolute atomic E-state index is 4.51. The van der Waals surface area contributed by atoms with Crippen LogP contribution in [-0.4, -0.2) is 30.9 Å².